The number of hydrogen-bond acceptors (Lipinski definition) is 3. The third-order valence-corrected chi connectivity index (χ3v) is 4.28. The van der Waals surface area contributed by atoms with Crippen LogP contribution < -0.4 is 5.32 Å². The van der Waals surface area contributed by atoms with Crippen molar-refractivity contribution in [3.8, 4) is 0 Å². The topological polar surface area (TPSA) is 29.9 Å². The summed E-state index contributed by atoms with van der Waals surface area (Å²) in [6.45, 7) is 5.46. The lowest BCUT2D eigenvalue weighted by atomic mass is 10.0. The highest BCUT2D eigenvalue weighted by Gasteiger charge is 2.38. The fourth-order valence-electron chi connectivity index (χ4n) is 1.59. The van der Waals surface area contributed by atoms with Crippen LogP contribution in [0.3, 0.4) is 0 Å². The molecule has 0 aromatic carbocycles. The van der Waals surface area contributed by atoms with Crippen LogP contribution in [0, 0.1) is 0 Å². The van der Waals surface area contributed by atoms with Crippen LogP contribution >= 0.6 is 11.8 Å². The summed E-state index contributed by atoms with van der Waals surface area (Å²) in [6, 6.07) is 0.634. The summed E-state index contributed by atoms with van der Waals surface area (Å²) < 4.78 is 2.38. The zero-order valence-electron chi connectivity index (χ0n) is 8.95. The Hall–Kier alpha value is -0.480. The van der Waals surface area contributed by atoms with E-state index >= 15 is 0 Å². The van der Waals surface area contributed by atoms with E-state index in [2.05, 4.69) is 30.3 Å². The maximum Gasteiger partial charge on any atom is 0.0947 e. The Morgan fingerprint density at radius 2 is 2.50 bits per heavy atom. The van der Waals surface area contributed by atoms with Gasteiger partial charge in [-0.25, -0.2) is 4.98 Å². The van der Waals surface area contributed by atoms with Crippen LogP contribution in [-0.4, -0.2) is 26.1 Å². The highest BCUT2D eigenvalue weighted by Crippen LogP contribution is 2.39. The molecule has 1 fully saturated rings. The Bertz CT molecular complexity index is 319. The van der Waals surface area contributed by atoms with Gasteiger partial charge in [0.1, 0.15) is 0 Å². The largest absolute Gasteiger partial charge is 0.340 e. The molecular formula is C10H17N3S. The molecule has 0 spiro atoms. The van der Waals surface area contributed by atoms with Gasteiger partial charge in [-0.05, 0) is 13.8 Å². The molecule has 1 aromatic heterocycles. The number of nitrogens with zero attached hydrogens (tertiary/aromatic N) is 2. The molecule has 0 saturated carbocycles. The molecule has 3 nitrogen and oxygen atoms in total. The van der Waals surface area contributed by atoms with Crippen molar-refractivity contribution in [1.29, 1.82) is 0 Å². The van der Waals surface area contributed by atoms with E-state index in [1.165, 1.54) is 5.75 Å². The molecule has 78 valence electrons. The molecule has 2 heterocycles. The van der Waals surface area contributed by atoms with Crippen molar-refractivity contribution in [3.05, 3.63) is 18.2 Å². The first kappa shape index (κ1) is 10.1. The van der Waals surface area contributed by atoms with E-state index in [0.717, 1.165) is 12.2 Å². The molecule has 1 unspecified atom stereocenters. The lowest BCUT2D eigenvalue weighted by Gasteiger charge is -2.44. The molecule has 0 amide bonds. The van der Waals surface area contributed by atoms with Crippen molar-refractivity contribution in [2.75, 3.05) is 5.75 Å². The van der Waals surface area contributed by atoms with E-state index in [4.69, 9.17) is 0 Å². The maximum atomic E-state index is 4.29. The highest BCUT2D eigenvalue weighted by molar-refractivity contribution is 8.02. The molecule has 0 radical (unpaired) electrons. The number of hydrogen-bond donors (Lipinski definition) is 1. The van der Waals surface area contributed by atoms with Gasteiger partial charge in [0.2, 0.25) is 0 Å². The third-order valence-electron chi connectivity index (χ3n) is 2.75. The number of aryl methyl sites for hydroxylation is 1. The minimum Gasteiger partial charge on any atom is -0.340 e. The van der Waals surface area contributed by atoms with Crippen molar-refractivity contribution in [1.82, 2.24) is 14.9 Å². The molecule has 1 saturated heterocycles. The van der Waals surface area contributed by atoms with Crippen molar-refractivity contribution in [2.24, 2.45) is 7.05 Å². The Labute approximate surface area is 89.3 Å². The Balaban J connectivity index is 1.83. The van der Waals surface area contributed by atoms with Crippen LogP contribution in [-0.2, 0) is 13.6 Å². The van der Waals surface area contributed by atoms with E-state index in [1.807, 2.05) is 29.7 Å². The summed E-state index contributed by atoms with van der Waals surface area (Å²) in [5, 5.41) is 3.54. The quantitative estimate of drug-likeness (QED) is 0.819. The first-order valence-corrected chi connectivity index (χ1v) is 5.91. The lowest BCUT2D eigenvalue weighted by molar-refractivity contribution is 0.433. The normalized spacial score (nSPS) is 24.6. The van der Waals surface area contributed by atoms with Crippen molar-refractivity contribution < 1.29 is 0 Å². The predicted molar refractivity (Wildman–Crippen MR) is 60.4 cm³/mol. The van der Waals surface area contributed by atoms with Crippen LogP contribution in [0.4, 0.5) is 0 Å². The molecule has 1 N–H and O–H groups in total. The summed E-state index contributed by atoms with van der Waals surface area (Å²) in [6.07, 6.45) is 3.91. The molecule has 4 heteroatoms. The number of aromatic nitrogens is 2. The monoisotopic (exact) mass is 211 g/mol. The number of rotatable bonds is 3. The van der Waals surface area contributed by atoms with E-state index < -0.39 is 0 Å². The van der Waals surface area contributed by atoms with Gasteiger partial charge in [0, 0.05) is 36.3 Å². The lowest BCUT2D eigenvalue weighted by Crippen LogP contribution is -2.54. The van der Waals surface area contributed by atoms with Gasteiger partial charge in [0.15, 0.2) is 0 Å². The molecule has 1 aliphatic heterocycles. The van der Waals surface area contributed by atoms with Gasteiger partial charge in [0.05, 0.1) is 12.0 Å². The second kappa shape index (κ2) is 3.59. The molecular weight excluding hydrogens is 194 g/mol. The second-order valence-electron chi connectivity index (χ2n) is 4.38. The Kier molecular flexibility index (Phi) is 2.58. The van der Waals surface area contributed by atoms with E-state index in [-0.39, 0.29) is 0 Å². The van der Waals surface area contributed by atoms with Crippen LogP contribution in [0.15, 0.2) is 12.5 Å². The van der Waals surface area contributed by atoms with Gasteiger partial charge in [-0.2, -0.15) is 11.8 Å². The van der Waals surface area contributed by atoms with Gasteiger partial charge in [0.25, 0.3) is 0 Å². The number of thioether (sulfide) groups is 1. The second-order valence-corrected chi connectivity index (χ2v) is 6.05. The molecule has 0 bridgehead atoms. The Morgan fingerprint density at radius 3 is 2.93 bits per heavy atom. The van der Waals surface area contributed by atoms with Crippen LogP contribution in [0.5, 0.6) is 0 Å². The maximum absolute atomic E-state index is 4.29. The van der Waals surface area contributed by atoms with Gasteiger partial charge in [-0.1, -0.05) is 0 Å². The van der Waals surface area contributed by atoms with Crippen molar-refractivity contribution in [2.45, 2.75) is 31.2 Å². The summed E-state index contributed by atoms with van der Waals surface area (Å²) in [4.78, 5) is 4.29. The molecule has 2 rings (SSSR count). The smallest absolute Gasteiger partial charge is 0.0947 e. The molecule has 0 aliphatic carbocycles. The first-order chi connectivity index (χ1) is 6.58. The summed E-state index contributed by atoms with van der Waals surface area (Å²) in [5.74, 6) is 1.22. The highest BCUT2D eigenvalue weighted by atomic mass is 32.2. The van der Waals surface area contributed by atoms with E-state index in [1.54, 1.807) is 0 Å². The number of nitrogens with one attached hydrogen (secondary N) is 1. The summed E-state index contributed by atoms with van der Waals surface area (Å²) in [5.41, 5.74) is 1.13. The zero-order chi connectivity index (χ0) is 10.2. The van der Waals surface area contributed by atoms with E-state index in [0.29, 0.717) is 10.8 Å². The molecule has 1 atom stereocenters. The minimum absolute atomic E-state index is 0.398. The number of imidazole rings is 1. The third kappa shape index (κ3) is 1.96. The fourth-order valence-corrected chi connectivity index (χ4v) is 2.79. The predicted octanol–water partition coefficient (Wildman–Crippen LogP) is 1.40. The Morgan fingerprint density at radius 1 is 1.71 bits per heavy atom. The van der Waals surface area contributed by atoms with Crippen LogP contribution in [0.1, 0.15) is 19.5 Å². The molecule has 1 aliphatic rings. The first-order valence-electron chi connectivity index (χ1n) is 4.92. The molecule has 1 aromatic rings. The minimum atomic E-state index is 0.398. The van der Waals surface area contributed by atoms with Crippen molar-refractivity contribution in [3.63, 3.8) is 0 Å². The van der Waals surface area contributed by atoms with Crippen LogP contribution in [0.2, 0.25) is 0 Å². The average molecular weight is 211 g/mol. The standard InChI is InChI=1S/C10H17N3S/c1-10(2)9(6-14-10)11-4-8-5-13(3)7-12-8/h5,7,9,11H,4,6H2,1-3H3. The van der Waals surface area contributed by atoms with Crippen molar-refractivity contribution >= 4 is 11.8 Å². The van der Waals surface area contributed by atoms with Crippen LogP contribution in [0.25, 0.3) is 0 Å². The van der Waals surface area contributed by atoms with Gasteiger partial charge in [-0.3, -0.25) is 0 Å². The average Bonchev–Trinajstić information content (AvgIpc) is 2.50. The van der Waals surface area contributed by atoms with Gasteiger partial charge < -0.3 is 9.88 Å². The summed E-state index contributed by atoms with van der Waals surface area (Å²) >= 11 is 2.02. The van der Waals surface area contributed by atoms with Gasteiger partial charge >= 0.3 is 0 Å². The zero-order valence-corrected chi connectivity index (χ0v) is 9.77. The summed E-state index contributed by atoms with van der Waals surface area (Å²) in [7, 11) is 2.00. The van der Waals surface area contributed by atoms with E-state index in [9.17, 15) is 0 Å². The van der Waals surface area contributed by atoms with Gasteiger partial charge in [-0.15, -0.1) is 0 Å². The SMILES string of the molecule is Cn1cnc(CNC2CSC2(C)C)c1. The molecule has 14 heavy (non-hydrogen) atoms. The fraction of sp³-hybridized carbons (Fsp3) is 0.700.